The molecule has 5 heteroatoms. The van der Waals surface area contributed by atoms with Crippen molar-refractivity contribution in [3.63, 3.8) is 0 Å². The second-order valence-electron chi connectivity index (χ2n) is 6.83. The van der Waals surface area contributed by atoms with Gasteiger partial charge in [-0.1, -0.05) is 6.07 Å². The maximum atomic E-state index is 11.4. The highest BCUT2D eigenvalue weighted by Crippen LogP contribution is 2.39. The van der Waals surface area contributed by atoms with E-state index in [9.17, 15) is 5.11 Å². The highest BCUT2D eigenvalue weighted by molar-refractivity contribution is 6.05. The Morgan fingerprint density at radius 1 is 1.24 bits per heavy atom. The molecule has 0 amide bonds. The van der Waals surface area contributed by atoms with Crippen molar-refractivity contribution in [1.29, 1.82) is 0 Å². The number of aromatic nitrogens is 1. The van der Waals surface area contributed by atoms with Crippen LogP contribution < -0.4 is 4.74 Å². The SMILES string of the molecule is COc1ccc2c(c1)/C(=N/N(C)C)C(C(C)(O)c1ccncc1)CC2. The van der Waals surface area contributed by atoms with Crippen molar-refractivity contribution >= 4 is 5.71 Å². The number of benzene rings is 1. The van der Waals surface area contributed by atoms with E-state index in [1.165, 1.54) is 5.56 Å². The van der Waals surface area contributed by atoms with Crippen LogP contribution in [0.1, 0.15) is 30.0 Å². The molecule has 1 aromatic heterocycles. The number of aryl methyl sites for hydroxylation is 1. The fourth-order valence-corrected chi connectivity index (χ4v) is 3.54. The first-order valence-corrected chi connectivity index (χ1v) is 8.49. The van der Waals surface area contributed by atoms with Crippen molar-refractivity contribution in [2.75, 3.05) is 21.2 Å². The molecule has 5 nitrogen and oxygen atoms in total. The van der Waals surface area contributed by atoms with E-state index in [1.807, 2.05) is 45.3 Å². The Morgan fingerprint density at radius 2 is 1.96 bits per heavy atom. The fourth-order valence-electron chi connectivity index (χ4n) is 3.54. The van der Waals surface area contributed by atoms with E-state index >= 15 is 0 Å². The van der Waals surface area contributed by atoms with Crippen LogP contribution >= 0.6 is 0 Å². The molecule has 0 spiro atoms. The van der Waals surface area contributed by atoms with Crippen molar-refractivity contribution in [2.45, 2.75) is 25.4 Å². The number of pyridine rings is 1. The smallest absolute Gasteiger partial charge is 0.119 e. The normalized spacial score (nSPS) is 20.7. The summed E-state index contributed by atoms with van der Waals surface area (Å²) in [4.78, 5) is 4.06. The number of fused-ring (bicyclic) bond motifs is 1. The molecule has 132 valence electrons. The van der Waals surface area contributed by atoms with E-state index in [2.05, 4.69) is 11.1 Å². The molecular weight excluding hydrogens is 314 g/mol. The molecule has 0 saturated carbocycles. The van der Waals surface area contributed by atoms with Crippen LogP contribution in [0, 0.1) is 5.92 Å². The van der Waals surface area contributed by atoms with E-state index in [4.69, 9.17) is 9.84 Å². The van der Waals surface area contributed by atoms with Gasteiger partial charge in [-0.15, -0.1) is 0 Å². The lowest BCUT2D eigenvalue weighted by Crippen LogP contribution is -2.41. The Labute approximate surface area is 149 Å². The zero-order valence-electron chi connectivity index (χ0n) is 15.2. The Kier molecular flexibility index (Phi) is 4.77. The average Bonchev–Trinajstić information content (AvgIpc) is 2.61. The van der Waals surface area contributed by atoms with E-state index in [0.29, 0.717) is 0 Å². The summed E-state index contributed by atoms with van der Waals surface area (Å²) < 4.78 is 5.40. The lowest BCUT2D eigenvalue weighted by Gasteiger charge is -2.38. The van der Waals surface area contributed by atoms with Gasteiger partial charge in [0, 0.05) is 38.0 Å². The van der Waals surface area contributed by atoms with Crippen LogP contribution in [0.25, 0.3) is 0 Å². The van der Waals surface area contributed by atoms with E-state index in [0.717, 1.165) is 35.4 Å². The van der Waals surface area contributed by atoms with Gasteiger partial charge in [-0.25, -0.2) is 0 Å². The minimum Gasteiger partial charge on any atom is -0.497 e. The molecule has 3 rings (SSSR count). The van der Waals surface area contributed by atoms with Crippen LogP contribution in [0.3, 0.4) is 0 Å². The molecule has 1 aliphatic rings. The number of hydrogen-bond donors (Lipinski definition) is 1. The molecule has 25 heavy (non-hydrogen) atoms. The molecule has 1 N–H and O–H groups in total. The largest absolute Gasteiger partial charge is 0.497 e. The first-order valence-electron chi connectivity index (χ1n) is 8.49. The Bertz CT molecular complexity index is 770. The summed E-state index contributed by atoms with van der Waals surface area (Å²) in [5.74, 6) is 0.686. The first kappa shape index (κ1) is 17.4. The zero-order chi connectivity index (χ0) is 18.0. The summed E-state index contributed by atoms with van der Waals surface area (Å²) in [6.45, 7) is 1.86. The molecule has 0 bridgehead atoms. The van der Waals surface area contributed by atoms with Crippen molar-refractivity contribution < 1.29 is 9.84 Å². The highest BCUT2D eigenvalue weighted by Gasteiger charge is 2.40. The van der Waals surface area contributed by atoms with Crippen molar-refractivity contribution in [3.05, 3.63) is 59.4 Å². The Hall–Kier alpha value is -2.40. The fraction of sp³-hybridized carbons (Fsp3) is 0.400. The minimum absolute atomic E-state index is 0.114. The molecule has 0 aliphatic heterocycles. The van der Waals surface area contributed by atoms with Crippen LogP contribution in [0.15, 0.2) is 47.8 Å². The summed E-state index contributed by atoms with van der Waals surface area (Å²) in [6, 6.07) is 9.83. The van der Waals surface area contributed by atoms with Crippen LogP contribution in [0.4, 0.5) is 0 Å². The third-order valence-corrected chi connectivity index (χ3v) is 4.88. The Balaban J connectivity index is 2.11. The van der Waals surface area contributed by atoms with E-state index in [1.54, 1.807) is 24.5 Å². The predicted molar refractivity (Wildman–Crippen MR) is 98.8 cm³/mol. The average molecular weight is 339 g/mol. The standard InChI is InChI=1S/C20H25N3O2/c1-20(24,15-9-11-21-12-10-15)18-8-6-14-5-7-16(25-4)13-17(14)19(18)22-23(2)3/h5,7,9-13,18,24H,6,8H2,1-4H3/b22-19-. The third-order valence-electron chi connectivity index (χ3n) is 4.88. The van der Waals surface area contributed by atoms with Gasteiger partial charge in [0.15, 0.2) is 0 Å². The molecule has 2 atom stereocenters. The number of ether oxygens (including phenoxy) is 1. The number of hydrogen-bond acceptors (Lipinski definition) is 5. The molecule has 0 radical (unpaired) electrons. The number of nitrogens with zero attached hydrogens (tertiary/aromatic N) is 3. The quantitative estimate of drug-likeness (QED) is 0.870. The van der Waals surface area contributed by atoms with Gasteiger partial charge in [0.1, 0.15) is 5.75 Å². The van der Waals surface area contributed by atoms with E-state index < -0.39 is 5.60 Å². The third kappa shape index (κ3) is 3.37. The summed E-state index contributed by atoms with van der Waals surface area (Å²) in [5, 5.41) is 17.9. The number of aliphatic hydroxyl groups is 1. The highest BCUT2D eigenvalue weighted by atomic mass is 16.5. The van der Waals surface area contributed by atoms with Crippen LogP contribution in [-0.4, -0.2) is 42.0 Å². The van der Waals surface area contributed by atoms with Gasteiger partial charge in [-0.05, 0) is 55.2 Å². The molecule has 2 aromatic rings. The molecule has 1 aliphatic carbocycles. The zero-order valence-corrected chi connectivity index (χ0v) is 15.2. The maximum Gasteiger partial charge on any atom is 0.119 e. The van der Waals surface area contributed by atoms with Crippen molar-refractivity contribution in [1.82, 2.24) is 9.99 Å². The van der Waals surface area contributed by atoms with Gasteiger partial charge in [0.05, 0.1) is 18.4 Å². The molecule has 0 fully saturated rings. The summed E-state index contributed by atoms with van der Waals surface area (Å²) in [6.07, 6.45) is 5.16. The first-order chi connectivity index (χ1) is 11.9. The summed E-state index contributed by atoms with van der Waals surface area (Å²) in [7, 11) is 5.47. The van der Waals surface area contributed by atoms with Gasteiger partial charge < -0.3 is 14.9 Å². The van der Waals surface area contributed by atoms with Crippen LogP contribution in [0.5, 0.6) is 5.75 Å². The minimum atomic E-state index is -1.03. The van der Waals surface area contributed by atoms with Gasteiger partial charge >= 0.3 is 0 Å². The topological polar surface area (TPSA) is 58.0 Å². The van der Waals surface area contributed by atoms with Crippen molar-refractivity contribution in [2.24, 2.45) is 11.0 Å². The Morgan fingerprint density at radius 3 is 2.60 bits per heavy atom. The molecule has 1 heterocycles. The summed E-state index contributed by atoms with van der Waals surface area (Å²) in [5.41, 5.74) is 3.01. The van der Waals surface area contributed by atoms with Gasteiger partial charge in [0.2, 0.25) is 0 Å². The molecule has 0 saturated heterocycles. The van der Waals surface area contributed by atoms with Crippen molar-refractivity contribution in [3.8, 4) is 5.75 Å². The summed E-state index contributed by atoms with van der Waals surface area (Å²) >= 11 is 0. The van der Waals surface area contributed by atoms with Gasteiger partial charge in [-0.2, -0.15) is 5.10 Å². The lowest BCUT2D eigenvalue weighted by molar-refractivity contribution is 0.0169. The van der Waals surface area contributed by atoms with Crippen LogP contribution in [-0.2, 0) is 12.0 Å². The molecule has 2 unspecified atom stereocenters. The number of methoxy groups -OCH3 is 1. The van der Waals surface area contributed by atoms with E-state index in [-0.39, 0.29) is 5.92 Å². The number of rotatable bonds is 4. The predicted octanol–water partition coefficient (Wildman–Crippen LogP) is 2.83. The lowest BCUT2D eigenvalue weighted by atomic mass is 9.71. The second-order valence-corrected chi connectivity index (χ2v) is 6.83. The molecular formula is C20H25N3O2. The second kappa shape index (κ2) is 6.84. The maximum absolute atomic E-state index is 11.4. The van der Waals surface area contributed by atoms with Gasteiger partial charge in [0.25, 0.3) is 0 Å². The van der Waals surface area contributed by atoms with Crippen LogP contribution in [0.2, 0.25) is 0 Å². The monoisotopic (exact) mass is 339 g/mol. The van der Waals surface area contributed by atoms with Gasteiger partial charge in [-0.3, -0.25) is 4.98 Å². The molecule has 1 aromatic carbocycles. The number of hydrazone groups is 1.